The largest absolute Gasteiger partial charge is 0.352 e. The van der Waals surface area contributed by atoms with Gasteiger partial charge in [-0.2, -0.15) is 5.26 Å². The van der Waals surface area contributed by atoms with Crippen LogP contribution in [0.2, 0.25) is 0 Å². The highest BCUT2D eigenvalue weighted by Crippen LogP contribution is 2.26. The molecule has 2 fully saturated rings. The van der Waals surface area contributed by atoms with Crippen molar-refractivity contribution in [2.24, 2.45) is 0 Å². The lowest BCUT2D eigenvalue weighted by Gasteiger charge is -2.39. The molecule has 1 heterocycles. The molecule has 1 amide bonds. The SMILES string of the molecule is N#Cc1ccc(CN2CCN(C(C(=O)NC3CC3)c3ccc(F)cc3)CC2)cc1. The summed E-state index contributed by atoms with van der Waals surface area (Å²) in [5, 5.41) is 12.0. The van der Waals surface area contributed by atoms with Crippen molar-refractivity contribution in [3.63, 3.8) is 0 Å². The van der Waals surface area contributed by atoms with E-state index >= 15 is 0 Å². The number of nitrogens with one attached hydrogen (secondary N) is 1. The Hall–Kier alpha value is -2.75. The molecule has 0 aromatic heterocycles. The molecule has 1 unspecified atom stereocenters. The molecule has 0 spiro atoms. The van der Waals surface area contributed by atoms with Gasteiger partial charge in [0.25, 0.3) is 0 Å². The summed E-state index contributed by atoms with van der Waals surface area (Å²) in [6, 6.07) is 16.0. The Bertz CT molecular complexity index is 879. The number of halogens is 1. The van der Waals surface area contributed by atoms with Gasteiger partial charge in [-0.25, -0.2) is 4.39 Å². The van der Waals surface area contributed by atoms with E-state index in [9.17, 15) is 9.18 Å². The van der Waals surface area contributed by atoms with Gasteiger partial charge in [-0.15, -0.1) is 0 Å². The molecule has 0 bridgehead atoms. The molecule has 2 aromatic carbocycles. The quantitative estimate of drug-likeness (QED) is 0.821. The Labute approximate surface area is 170 Å². The first kappa shape index (κ1) is 19.6. The fourth-order valence-corrected chi connectivity index (χ4v) is 3.80. The average Bonchev–Trinajstić information content (AvgIpc) is 3.55. The summed E-state index contributed by atoms with van der Waals surface area (Å²) in [5.74, 6) is -0.276. The van der Waals surface area contributed by atoms with Gasteiger partial charge < -0.3 is 5.32 Å². The van der Waals surface area contributed by atoms with E-state index < -0.39 is 0 Å². The normalized spacial score (nSPS) is 18.8. The number of rotatable bonds is 6. The summed E-state index contributed by atoms with van der Waals surface area (Å²) in [7, 11) is 0. The number of nitriles is 1. The summed E-state index contributed by atoms with van der Waals surface area (Å²) < 4.78 is 13.4. The Balaban J connectivity index is 1.40. The number of carbonyl (C=O) groups excluding carboxylic acids is 1. The van der Waals surface area contributed by atoms with Crippen LogP contribution in [0.25, 0.3) is 0 Å². The summed E-state index contributed by atoms with van der Waals surface area (Å²) in [5.41, 5.74) is 2.69. The topological polar surface area (TPSA) is 59.4 Å². The predicted octanol–water partition coefficient (Wildman–Crippen LogP) is 2.83. The molecule has 29 heavy (non-hydrogen) atoms. The molecule has 6 heteroatoms. The highest BCUT2D eigenvalue weighted by Gasteiger charge is 2.33. The molecule has 5 nitrogen and oxygen atoms in total. The van der Waals surface area contributed by atoms with Crippen molar-refractivity contribution in [1.29, 1.82) is 5.26 Å². The molecule has 4 rings (SSSR count). The number of hydrogen-bond donors (Lipinski definition) is 1. The van der Waals surface area contributed by atoms with Gasteiger partial charge in [-0.3, -0.25) is 14.6 Å². The van der Waals surface area contributed by atoms with Crippen LogP contribution in [-0.4, -0.2) is 47.9 Å². The lowest BCUT2D eigenvalue weighted by molar-refractivity contribution is -0.127. The first-order valence-electron chi connectivity index (χ1n) is 10.1. The van der Waals surface area contributed by atoms with Crippen LogP contribution in [0, 0.1) is 17.1 Å². The molecule has 2 aromatic rings. The average molecular weight is 392 g/mol. The second kappa shape index (κ2) is 8.73. The lowest BCUT2D eigenvalue weighted by atomic mass is 10.0. The maximum Gasteiger partial charge on any atom is 0.242 e. The summed E-state index contributed by atoms with van der Waals surface area (Å²) in [6.45, 7) is 4.09. The number of piperazine rings is 1. The lowest BCUT2D eigenvalue weighted by Crippen LogP contribution is -2.51. The molecule has 1 aliphatic heterocycles. The number of nitrogens with zero attached hydrogens (tertiary/aromatic N) is 3. The Morgan fingerprint density at radius 3 is 2.31 bits per heavy atom. The van der Waals surface area contributed by atoms with Crippen LogP contribution in [-0.2, 0) is 11.3 Å². The van der Waals surface area contributed by atoms with Gasteiger partial charge >= 0.3 is 0 Å². The zero-order valence-electron chi connectivity index (χ0n) is 16.4. The number of carbonyl (C=O) groups is 1. The first-order valence-corrected chi connectivity index (χ1v) is 10.1. The monoisotopic (exact) mass is 392 g/mol. The Morgan fingerprint density at radius 2 is 1.72 bits per heavy atom. The van der Waals surface area contributed by atoms with Crippen molar-refractivity contribution < 1.29 is 9.18 Å². The minimum Gasteiger partial charge on any atom is -0.352 e. The number of amides is 1. The van der Waals surface area contributed by atoms with Crippen LogP contribution in [0.4, 0.5) is 4.39 Å². The molecular formula is C23H25FN4O. The van der Waals surface area contributed by atoms with Crippen molar-refractivity contribution in [1.82, 2.24) is 15.1 Å². The molecule has 0 radical (unpaired) electrons. The molecule has 1 N–H and O–H groups in total. The van der Waals surface area contributed by atoms with Crippen molar-refractivity contribution >= 4 is 5.91 Å². The van der Waals surface area contributed by atoms with Gasteiger partial charge in [-0.05, 0) is 48.2 Å². The Morgan fingerprint density at radius 1 is 1.07 bits per heavy atom. The third-order valence-electron chi connectivity index (χ3n) is 5.62. The molecule has 1 atom stereocenters. The summed E-state index contributed by atoms with van der Waals surface area (Å²) in [4.78, 5) is 17.5. The number of benzene rings is 2. The second-order valence-corrected chi connectivity index (χ2v) is 7.86. The van der Waals surface area contributed by atoms with Crippen LogP contribution in [0.5, 0.6) is 0 Å². The van der Waals surface area contributed by atoms with E-state index in [4.69, 9.17) is 5.26 Å². The van der Waals surface area contributed by atoms with Gasteiger partial charge in [-0.1, -0.05) is 24.3 Å². The highest BCUT2D eigenvalue weighted by atomic mass is 19.1. The van der Waals surface area contributed by atoms with E-state index in [1.54, 1.807) is 12.1 Å². The van der Waals surface area contributed by atoms with Gasteiger partial charge in [0.15, 0.2) is 0 Å². The fraction of sp³-hybridized carbons (Fsp3) is 0.391. The van der Waals surface area contributed by atoms with E-state index in [2.05, 4.69) is 21.2 Å². The van der Waals surface area contributed by atoms with Crippen LogP contribution in [0.1, 0.15) is 35.6 Å². The molecular weight excluding hydrogens is 367 g/mol. The highest BCUT2D eigenvalue weighted by molar-refractivity contribution is 5.83. The van der Waals surface area contributed by atoms with E-state index in [0.29, 0.717) is 11.6 Å². The fourth-order valence-electron chi connectivity index (χ4n) is 3.80. The standard InChI is InChI=1S/C23H25FN4O/c24-20-7-5-19(6-8-20)22(23(29)26-21-9-10-21)28-13-11-27(12-14-28)16-18-3-1-17(15-25)2-4-18/h1-8,21-22H,9-14,16H2,(H,26,29). The second-order valence-electron chi connectivity index (χ2n) is 7.86. The van der Waals surface area contributed by atoms with Crippen LogP contribution >= 0.6 is 0 Å². The maximum atomic E-state index is 13.4. The third kappa shape index (κ3) is 5.00. The zero-order chi connectivity index (χ0) is 20.2. The van der Waals surface area contributed by atoms with Gasteiger partial charge in [0.1, 0.15) is 11.9 Å². The van der Waals surface area contributed by atoms with Crippen molar-refractivity contribution in [2.45, 2.75) is 31.5 Å². The molecule has 1 saturated carbocycles. The minimum atomic E-state index is -0.381. The minimum absolute atomic E-state index is 0.0136. The van der Waals surface area contributed by atoms with Crippen LogP contribution in [0.15, 0.2) is 48.5 Å². The smallest absolute Gasteiger partial charge is 0.242 e. The van der Waals surface area contributed by atoms with Gasteiger partial charge in [0, 0.05) is 38.8 Å². The van der Waals surface area contributed by atoms with Crippen molar-refractivity contribution in [2.75, 3.05) is 26.2 Å². The van der Waals surface area contributed by atoms with E-state index in [1.165, 1.54) is 17.7 Å². The molecule has 1 saturated heterocycles. The zero-order valence-corrected chi connectivity index (χ0v) is 16.4. The van der Waals surface area contributed by atoms with E-state index in [1.807, 2.05) is 24.3 Å². The van der Waals surface area contributed by atoms with E-state index in [-0.39, 0.29) is 17.8 Å². The summed E-state index contributed by atoms with van der Waals surface area (Å²) in [6.07, 6.45) is 2.08. The van der Waals surface area contributed by atoms with Crippen LogP contribution < -0.4 is 5.32 Å². The summed E-state index contributed by atoms with van der Waals surface area (Å²) >= 11 is 0. The Kier molecular flexibility index (Phi) is 5.89. The van der Waals surface area contributed by atoms with E-state index in [0.717, 1.165) is 51.1 Å². The molecule has 150 valence electrons. The van der Waals surface area contributed by atoms with Crippen molar-refractivity contribution in [3.05, 3.63) is 71.0 Å². The van der Waals surface area contributed by atoms with Gasteiger partial charge in [0.2, 0.25) is 5.91 Å². The molecule has 2 aliphatic rings. The first-order chi connectivity index (χ1) is 14.1. The van der Waals surface area contributed by atoms with Crippen LogP contribution in [0.3, 0.4) is 0 Å². The van der Waals surface area contributed by atoms with Gasteiger partial charge in [0.05, 0.1) is 11.6 Å². The number of hydrogen-bond acceptors (Lipinski definition) is 4. The molecule has 1 aliphatic carbocycles. The maximum absolute atomic E-state index is 13.4. The predicted molar refractivity (Wildman–Crippen MR) is 108 cm³/mol. The third-order valence-corrected chi connectivity index (χ3v) is 5.62. The van der Waals surface area contributed by atoms with Crippen molar-refractivity contribution in [3.8, 4) is 6.07 Å².